The number of hydrogen-bond acceptors (Lipinski definition) is 4. The molecule has 0 atom stereocenters. The van der Waals surface area contributed by atoms with Crippen LogP contribution in [-0.2, 0) is 7.05 Å². The zero-order valence-corrected chi connectivity index (χ0v) is 13.7. The van der Waals surface area contributed by atoms with Crippen molar-refractivity contribution in [2.75, 3.05) is 5.32 Å². The van der Waals surface area contributed by atoms with E-state index in [0.717, 1.165) is 27.8 Å². The van der Waals surface area contributed by atoms with Gasteiger partial charge < -0.3 is 5.32 Å². The Morgan fingerprint density at radius 3 is 2.76 bits per heavy atom. The lowest BCUT2D eigenvalue weighted by atomic mass is 10.2. The van der Waals surface area contributed by atoms with E-state index in [9.17, 15) is 0 Å². The Balaban J connectivity index is 1.88. The second kappa shape index (κ2) is 5.67. The summed E-state index contributed by atoms with van der Waals surface area (Å²) in [5, 5.41) is 11.4. The number of thiazole rings is 1. The van der Waals surface area contributed by atoms with Crippen LogP contribution in [0.1, 0.15) is 5.69 Å². The molecule has 108 valence electrons. The van der Waals surface area contributed by atoms with Gasteiger partial charge in [-0.15, -0.1) is 11.3 Å². The molecule has 3 aromatic rings. The molecule has 0 bridgehead atoms. The Bertz CT molecular complexity index is 794. The average molecular weight is 339 g/mol. The molecule has 0 saturated heterocycles. The summed E-state index contributed by atoms with van der Waals surface area (Å²) in [6.45, 7) is 2.00. The molecule has 3 rings (SSSR count). The highest BCUT2D eigenvalue weighted by Crippen LogP contribution is 2.33. The fourth-order valence-corrected chi connectivity index (χ4v) is 3.12. The average Bonchev–Trinajstić information content (AvgIpc) is 3.01. The maximum Gasteiger partial charge on any atom is 0.187 e. The van der Waals surface area contributed by atoms with E-state index in [0.29, 0.717) is 10.0 Å². The number of aryl methyl sites for hydroxylation is 1. The Labute approximate surface area is 136 Å². The fraction of sp³-hybridized carbons (Fsp3) is 0.143. The van der Waals surface area contributed by atoms with Crippen LogP contribution in [0, 0.1) is 6.92 Å². The van der Waals surface area contributed by atoms with Gasteiger partial charge in [0.2, 0.25) is 0 Å². The van der Waals surface area contributed by atoms with Crippen molar-refractivity contribution in [3.8, 4) is 11.3 Å². The lowest BCUT2D eigenvalue weighted by Crippen LogP contribution is -1.95. The van der Waals surface area contributed by atoms with E-state index >= 15 is 0 Å². The van der Waals surface area contributed by atoms with E-state index < -0.39 is 0 Å². The molecular weight excluding hydrogens is 327 g/mol. The van der Waals surface area contributed by atoms with E-state index in [1.165, 1.54) is 11.3 Å². The summed E-state index contributed by atoms with van der Waals surface area (Å²) in [4.78, 5) is 4.56. The SMILES string of the molecule is Cc1c(Nc2nc(-c3ccc(Cl)cc3Cl)cs2)cnn1C. The molecule has 0 aliphatic carbocycles. The van der Waals surface area contributed by atoms with Crippen molar-refractivity contribution in [1.82, 2.24) is 14.8 Å². The number of benzene rings is 1. The third-order valence-electron chi connectivity index (χ3n) is 3.19. The molecule has 7 heteroatoms. The van der Waals surface area contributed by atoms with E-state index in [1.807, 2.05) is 30.1 Å². The van der Waals surface area contributed by atoms with Gasteiger partial charge in [-0.2, -0.15) is 5.10 Å². The minimum atomic E-state index is 0.594. The monoisotopic (exact) mass is 338 g/mol. The Morgan fingerprint density at radius 1 is 1.29 bits per heavy atom. The number of nitrogens with zero attached hydrogens (tertiary/aromatic N) is 3. The summed E-state index contributed by atoms with van der Waals surface area (Å²) in [6, 6.07) is 5.40. The van der Waals surface area contributed by atoms with Gasteiger partial charge in [0.05, 0.1) is 28.3 Å². The summed E-state index contributed by atoms with van der Waals surface area (Å²) in [7, 11) is 1.90. The van der Waals surface area contributed by atoms with E-state index in [4.69, 9.17) is 23.2 Å². The first-order valence-corrected chi connectivity index (χ1v) is 7.84. The molecule has 0 aliphatic rings. The lowest BCUT2D eigenvalue weighted by molar-refractivity contribution is 0.740. The summed E-state index contributed by atoms with van der Waals surface area (Å²) in [5.74, 6) is 0. The topological polar surface area (TPSA) is 42.7 Å². The van der Waals surface area contributed by atoms with Gasteiger partial charge in [0.15, 0.2) is 5.13 Å². The van der Waals surface area contributed by atoms with Gasteiger partial charge in [0.1, 0.15) is 0 Å². The zero-order chi connectivity index (χ0) is 15.0. The molecule has 0 saturated carbocycles. The van der Waals surface area contributed by atoms with Crippen LogP contribution in [0.5, 0.6) is 0 Å². The van der Waals surface area contributed by atoms with Crippen molar-refractivity contribution >= 4 is 45.4 Å². The molecule has 0 fully saturated rings. The van der Waals surface area contributed by atoms with Gasteiger partial charge in [-0.25, -0.2) is 4.98 Å². The number of hydrogen-bond donors (Lipinski definition) is 1. The second-order valence-corrected chi connectivity index (χ2v) is 6.26. The minimum absolute atomic E-state index is 0.594. The highest BCUT2D eigenvalue weighted by Gasteiger charge is 2.10. The van der Waals surface area contributed by atoms with Gasteiger partial charge in [-0.05, 0) is 25.1 Å². The smallest absolute Gasteiger partial charge is 0.187 e. The molecule has 0 radical (unpaired) electrons. The Morgan fingerprint density at radius 2 is 2.10 bits per heavy atom. The van der Waals surface area contributed by atoms with Crippen molar-refractivity contribution in [3.63, 3.8) is 0 Å². The highest BCUT2D eigenvalue weighted by atomic mass is 35.5. The van der Waals surface area contributed by atoms with E-state index in [2.05, 4.69) is 15.4 Å². The number of halogens is 2. The zero-order valence-electron chi connectivity index (χ0n) is 11.4. The van der Waals surface area contributed by atoms with Crippen molar-refractivity contribution in [1.29, 1.82) is 0 Å². The van der Waals surface area contributed by atoms with E-state index in [-0.39, 0.29) is 0 Å². The van der Waals surface area contributed by atoms with Crippen molar-refractivity contribution in [2.24, 2.45) is 7.05 Å². The van der Waals surface area contributed by atoms with Gasteiger partial charge in [-0.1, -0.05) is 23.2 Å². The highest BCUT2D eigenvalue weighted by molar-refractivity contribution is 7.14. The predicted octanol–water partition coefficient (Wildman–Crippen LogP) is 4.90. The van der Waals surface area contributed by atoms with Gasteiger partial charge in [-0.3, -0.25) is 4.68 Å². The second-order valence-electron chi connectivity index (χ2n) is 4.55. The Kier molecular flexibility index (Phi) is 3.89. The molecule has 1 aromatic carbocycles. The molecule has 0 aliphatic heterocycles. The third-order valence-corrected chi connectivity index (χ3v) is 4.49. The first kappa shape index (κ1) is 14.4. The fourth-order valence-electron chi connectivity index (χ4n) is 1.89. The predicted molar refractivity (Wildman–Crippen MR) is 88.8 cm³/mol. The summed E-state index contributed by atoms with van der Waals surface area (Å²) in [5.41, 5.74) is 3.69. The summed E-state index contributed by atoms with van der Waals surface area (Å²) in [6.07, 6.45) is 1.78. The van der Waals surface area contributed by atoms with Crippen LogP contribution in [0.3, 0.4) is 0 Å². The van der Waals surface area contributed by atoms with Crippen LogP contribution in [-0.4, -0.2) is 14.8 Å². The lowest BCUT2D eigenvalue weighted by Gasteiger charge is -2.02. The first-order chi connectivity index (χ1) is 10.0. The third kappa shape index (κ3) is 2.90. The van der Waals surface area contributed by atoms with Crippen LogP contribution >= 0.6 is 34.5 Å². The molecule has 0 unspecified atom stereocenters. The number of anilines is 2. The van der Waals surface area contributed by atoms with Gasteiger partial charge in [0, 0.05) is 23.0 Å². The molecule has 2 aromatic heterocycles. The van der Waals surface area contributed by atoms with E-state index in [1.54, 1.807) is 18.3 Å². The quantitative estimate of drug-likeness (QED) is 0.738. The standard InChI is InChI=1S/C14H12Cl2N4S/c1-8-12(6-17-20(8)2)18-14-19-13(7-21-14)10-4-3-9(15)5-11(10)16/h3-7H,1-2H3,(H,18,19). The van der Waals surface area contributed by atoms with Crippen molar-refractivity contribution in [3.05, 3.63) is 45.5 Å². The van der Waals surface area contributed by atoms with Gasteiger partial charge >= 0.3 is 0 Å². The first-order valence-electron chi connectivity index (χ1n) is 6.21. The normalized spacial score (nSPS) is 10.9. The molecule has 0 amide bonds. The van der Waals surface area contributed by atoms with Crippen LogP contribution in [0.4, 0.5) is 10.8 Å². The maximum absolute atomic E-state index is 6.21. The molecule has 0 spiro atoms. The van der Waals surface area contributed by atoms with Crippen molar-refractivity contribution in [2.45, 2.75) is 6.92 Å². The minimum Gasteiger partial charge on any atom is -0.329 e. The molecular formula is C14H12Cl2N4S. The number of rotatable bonds is 3. The molecule has 1 N–H and O–H groups in total. The maximum atomic E-state index is 6.21. The van der Waals surface area contributed by atoms with Crippen molar-refractivity contribution < 1.29 is 0 Å². The largest absolute Gasteiger partial charge is 0.329 e. The van der Waals surface area contributed by atoms with Crippen LogP contribution in [0.2, 0.25) is 10.0 Å². The number of aromatic nitrogens is 3. The van der Waals surface area contributed by atoms with Gasteiger partial charge in [0.25, 0.3) is 0 Å². The molecule has 2 heterocycles. The van der Waals surface area contributed by atoms with Crippen LogP contribution in [0.15, 0.2) is 29.8 Å². The van der Waals surface area contributed by atoms with Crippen LogP contribution < -0.4 is 5.32 Å². The Hall–Kier alpha value is -1.56. The summed E-state index contributed by atoms with van der Waals surface area (Å²) >= 11 is 13.6. The molecule has 4 nitrogen and oxygen atoms in total. The molecule has 21 heavy (non-hydrogen) atoms. The number of nitrogens with one attached hydrogen (secondary N) is 1. The van der Waals surface area contributed by atoms with Crippen LogP contribution in [0.25, 0.3) is 11.3 Å². The summed E-state index contributed by atoms with van der Waals surface area (Å²) < 4.78 is 1.81.